The van der Waals surface area contributed by atoms with Gasteiger partial charge in [0.15, 0.2) is 5.60 Å². The Morgan fingerprint density at radius 3 is 2.27 bits per heavy atom. The second-order valence-corrected chi connectivity index (χ2v) is 12.5. The molecule has 1 aromatic carbocycles. The van der Waals surface area contributed by atoms with Crippen LogP contribution in [0.25, 0.3) is 0 Å². The summed E-state index contributed by atoms with van der Waals surface area (Å²) in [7, 11) is 0. The van der Waals surface area contributed by atoms with Gasteiger partial charge >= 0.3 is 6.03 Å². The Balaban J connectivity index is 1.42. The zero-order valence-corrected chi connectivity index (χ0v) is 21.4. The maximum Gasteiger partial charge on any atom is 0.315 e. The molecule has 0 saturated heterocycles. The van der Waals surface area contributed by atoms with E-state index in [0.717, 1.165) is 37.7 Å². The number of urea groups is 1. The van der Waals surface area contributed by atoms with Gasteiger partial charge in [0.05, 0.1) is 0 Å². The van der Waals surface area contributed by atoms with Crippen molar-refractivity contribution >= 4 is 23.5 Å². The van der Waals surface area contributed by atoms with Crippen molar-refractivity contribution in [3.63, 3.8) is 0 Å². The van der Waals surface area contributed by atoms with Crippen LogP contribution in [0.4, 0.5) is 4.79 Å². The van der Waals surface area contributed by atoms with E-state index in [1.165, 1.54) is 0 Å². The van der Waals surface area contributed by atoms with E-state index in [9.17, 15) is 9.59 Å². The van der Waals surface area contributed by atoms with Crippen molar-refractivity contribution in [1.29, 1.82) is 0 Å². The van der Waals surface area contributed by atoms with Crippen molar-refractivity contribution in [3.8, 4) is 5.75 Å². The lowest BCUT2D eigenvalue weighted by molar-refractivity contribution is -0.138. The standard InChI is InChI=1S/C26H38ClN3O3/c1-15-9-19(27)7-8-20(15)33-25(5,6)22(31)28-21-17-10-16-11-18(21)14-26(12-16,13-17)30-23(32)29-24(2,3)4/h7-9,16-18,21H,10-14H2,1-6H3,(H,28,31)(H2,29,30,32). The highest BCUT2D eigenvalue weighted by molar-refractivity contribution is 6.30. The van der Waals surface area contributed by atoms with Crippen LogP contribution >= 0.6 is 11.6 Å². The van der Waals surface area contributed by atoms with Gasteiger partial charge in [0, 0.05) is 22.1 Å². The number of hydrogen-bond acceptors (Lipinski definition) is 3. The number of hydrogen-bond donors (Lipinski definition) is 3. The minimum absolute atomic E-state index is 0.0853. The van der Waals surface area contributed by atoms with E-state index in [1.54, 1.807) is 6.07 Å². The first-order valence-corrected chi connectivity index (χ1v) is 12.5. The number of aryl methyl sites for hydroxylation is 1. The molecular formula is C26H38ClN3O3. The van der Waals surface area contributed by atoms with Crippen molar-refractivity contribution in [3.05, 3.63) is 28.8 Å². The van der Waals surface area contributed by atoms with Crippen molar-refractivity contribution < 1.29 is 14.3 Å². The first-order chi connectivity index (χ1) is 15.3. The molecule has 3 N–H and O–H groups in total. The van der Waals surface area contributed by atoms with Crippen LogP contribution in [0, 0.1) is 24.7 Å². The van der Waals surface area contributed by atoms with E-state index in [1.807, 2.05) is 53.7 Å². The molecule has 2 unspecified atom stereocenters. The molecule has 0 heterocycles. The van der Waals surface area contributed by atoms with E-state index in [4.69, 9.17) is 16.3 Å². The molecule has 4 fully saturated rings. The van der Waals surface area contributed by atoms with E-state index >= 15 is 0 Å². The number of rotatable bonds is 5. The fourth-order valence-electron chi connectivity index (χ4n) is 6.40. The number of nitrogens with one attached hydrogen (secondary N) is 3. The Morgan fingerprint density at radius 1 is 1.06 bits per heavy atom. The molecule has 4 bridgehead atoms. The Hall–Kier alpha value is -1.95. The summed E-state index contributed by atoms with van der Waals surface area (Å²) in [6, 6.07) is 5.47. The zero-order valence-electron chi connectivity index (χ0n) is 20.7. The van der Waals surface area contributed by atoms with Crippen LogP contribution in [-0.2, 0) is 4.79 Å². The molecule has 0 aliphatic heterocycles. The van der Waals surface area contributed by atoms with E-state index in [-0.39, 0.29) is 29.1 Å². The van der Waals surface area contributed by atoms with Gasteiger partial charge in [0.25, 0.3) is 5.91 Å². The van der Waals surface area contributed by atoms with Crippen LogP contribution in [0.5, 0.6) is 5.75 Å². The van der Waals surface area contributed by atoms with Crippen LogP contribution in [0.3, 0.4) is 0 Å². The third-order valence-electron chi connectivity index (χ3n) is 7.49. The first-order valence-electron chi connectivity index (χ1n) is 12.1. The third kappa shape index (κ3) is 5.26. The molecule has 7 heteroatoms. The molecular weight excluding hydrogens is 438 g/mol. The minimum Gasteiger partial charge on any atom is -0.478 e. The van der Waals surface area contributed by atoms with E-state index < -0.39 is 5.60 Å². The molecule has 0 aromatic heterocycles. The van der Waals surface area contributed by atoms with Crippen molar-refractivity contribution in [2.75, 3.05) is 0 Å². The SMILES string of the molecule is Cc1cc(Cl)ccc1OC(C)(C)C(=O)NC1C2CC3CC1CC(NC(=O)NC(C)(C)C)(C3)C2. The largest absolute Gasteiger partial charge is 0.478 e. The molecule has 4 aliphatic carbocycles. The molecule has 4 saturated carbocycles. The average molecular weight is 476 g/mol. The van der Waals surface area contributed by atoms with Crippen LogP contribution < -0.4 is 20.7 Å². The van der Waals surface area contributed by atoms with Gasteiger partial charge in [-0.05, 0) is 115 Å². The Labute approximate surface area is 202 Å². The number of benzene rings is 1. The predicted molar refractivity (Wildman–Crippen MR) is 131 cm³/mol. The van der Waals surface area contributed by atoms with Gasteiger partial charge in [-0.15, -0.1) is 0 Å². The second-order valence-electron chi connectivity index (χ2n) is 12.1. The Kier molecular flexibility index (Phi) is 6.13. The van der Waals surface area contributed by atoms with Crippen LogP contribution in [0.15, 0.2) is 18.2 Å². The molecule has 0 spiro atoms. The van der Waals surface area contributed by atoms with Gasteiger partial charge in [-0.2, -0.15) is 0 Å². The lowest BCUT2D eigenvalue weighted by Gasteiger charge is -2.60. The van der Waals surface area contributed by atoms with E-state index in [0.29, 0.717) is 28.5 Å². The number of halogens is 1. The van der Waals surface area contributed by atoms with Crippen molar-refractivity contribution in [2.45, 2.75) is 96.4 Å². The zero-order chi connectivity index (χ0) is 24.2. The number of ether oxygens (including phenoxy) is 1. The third-order valence-corrected chi connectivity index (χ3v) is 7.72. The molecule has 182 valence electrons. The van der Waals surface area contributed by atoms with Crippen molar-refractivity contribution in [1.82, 2.24) is 16.0 Å². The van der Waals surface area contributed by atoms with Crippen LogP contribution in [0.1, 0.15) is 72.3 Å². The summed E-state index contributed by atoms with van der Waals surface area (Å²) < 4.78 is 6.13. The molecule has 2 atom stereocenters. The quantitative estimate of drug-likeness (QED) is 0.562. The molecule has 4 aliphatic rings. The summed E-state index contributed by atoms with van der Waals surface area (Å²) in [4.78, 5) is 26.0. The average Bonchev–Trinajstić information content (AvgIpc) is 2.64. The van der Waals surface area contributed by atoms with Crippen LogP contribution in [-0.4, -0.2) is 34.7 Å². The first kappa shape index (κ1) is 24.2. The normalized spacial score (nSPS) is 30.6. The summed E-state index contributed by atoms with van der Waals surface area (Å²) in [6.45, 7) is 11.5. The fraction of sp³-hybridized carbons (Fsp3) is 0.692. The van der Waals surface area contributed by atoms with Gasteiger partial charge in [-0.25, -0.2) is 4.79 Å². The molecule has 1 aromatic rings. The molecule has 33 heavy (non-hydrogen) atoms. The molecule has 0 radical (unpaired) electrons. The number of carbonyl (C=O) groups excluding carboxylic acids is 2. The smallest absolute Gasteiger partial charge is 0.315 e. The predicted octanol–water partition coefficient (Wildman–Crippen LogP) is 4.97. The summed E-state index contributed by atoms with van der Waals surface area (Å²) >= 11 is 6.06. The Bertz CT molecular complexity index is 923. The van der Waals surface area contributed by atoms with Crippen LogP contribution in [0.2, 0.25) is 5.02 Å². The Morgan fingerprint density at radius 2 is 1.70 bits per heavy atom. The summed E-state index contributed by atoms with van der Waals surface area (Å²) in [5.74, 6) is 1.94. The molecule has 5 rings (SSSR count). The van der Waals surface area contributed by atoms with Gasteiger partial charge in [-0.3, -0.25) is 4.79 Å². The number of amides is 3. The maximum absolute atomic E-state index is 13.3. The highest BCUT2D eigenvalue weighted by atomic mass is 35.5. The monoisotopic (exact) mass is 475 g/mol. The minimum atomic E-state index is -1.00. The summed E-state index contributed by atoms with van der Waals surface area (Å²) in [5, 5.41) is 10.4. The van der Waals surface area contributed by atoms with E-state index in [2.05, 4.69) is 16.0 Å². The molecule has 6 nitrogen and oxygen atoms in total. The lowest BCUT2D eigenvalue weighted by atomic mass is 9.51. The lowest BCUT2D eigenvalue weighted by Crippen LogP contribution is -2.69. The number of carbonyl (C=O) groups is 2. The highest BCUT2D eigenvalue weighted by Gasteiger charge is 2.56. The van der Waals surface area contributed by atoms with Crippen molar-refractivity contribution in [2.24, 2.45) is 17.8 Å². The maximum atomic E-state index is 13.3. The van der Waals surface area contributed by atoms with Gasteiger partial charge in [-0.1, -0.05) is 11.6 Å². The summed E-state index contributed by atoms with van der Waals surface area (Å²) in [6.07, 6.45) is 5.11. The molecule has 3 amide bonds. The van der Waals surface area contributed by atoms with Gasteiger partial charge in [0.2, 0.25) is 0 Å². The fourth-order valence-corrected chi connectivity index (χ4v) is 6.63. The summed E-state index contributed by atoms with van der Waals surface area (Å²) in [5.41, 5.74) is -0.522. The van der Waals surface area contributed by atoms with Gasteiger partial charge in [0.1, 0.15) is 5.75 Å². The highest BCUT2D eigenvalue weighted by Crippen LogP contribution is 2.55. The second kappa shape index (κ2) is 8.37. The van der Waals surface area contributed by atoms with Gasteiger partial charge < -0.3 is 20.7 Å². The topological polar surface area (TPSA) is 79.5 Å².